The fraction of sp³-hybridized carbons (Fsp3) is 0.533. The van der Waals surface area contributed by atoms with Crippen molar-refractivity contribution in [2.24, 2.45) is 0 Å². The summed E-state index contributed by atoms with van der Waals surface area (Å²) in [4.78, 5) is 11.2. The standard InChI is InChI=1S/C15H23NO3/c1-3-4-5-15(17)19-11-10-16-12-13-6-8-14(18-2)9-7-13/h6-9,16H,3-5,10-12H2,1-2H3. The summed E-state index contributed by atoms with van der Waals surface area (Å²) in [5, 5.41) is 3.23. The van der Waals surface area contributed by atoms with E-state index in [0.717, 1.165) is 25.1 Å². The van der Waals surface area contributed by atoms with E-state index in [0.29, 0.717) is 19.6 Å². The van der Waals surface area contributed by atoms with Crippen LogP contribution in [0.5, 0.6) is 5.75 Å². The number of unbranched alkanes of at least 4 members (excludes halogenated alkanes) is 1. The molecule has 0 heterocycles. The van der Waals surface area contributed by atoms with Crippen molar-refractivity contribution in [3.63, 3.8) is 0 Å². The van der Waals surface area contributed by atoms with E-state index >= 15 is 0 Å². The van der Waals surface area contributed by atoms with Gasteiger partial charge in [0.15, 0.2) is 0 Å². The first-order chi connectivity index (χ1) is 9.26. The van der Waals surface area contributed by atoms with Crippen LogP contribution in [0.3, 0.4) is 0 Å². The zero-order valence-electron chi connectivity index (χ0n) is 11.8. The minimum atomic E-state index is -0.104. The van der Waals surface area contributed by atoms with E-state index in [4.69, 9.17) is 9.47 Å². The number of carbonyl (C=O) groups is 1. The summed E-state index contributed by atoms with van der Waals surface area (Å²) >= 11 is 0. The van der Waals surface area contributed by atoms with Crippen LogP contribution in [0.15, 0.2) is 24.3 Å². The van der Waals surface area contributed by atoms with Gasteiger partial charge in [0, 0.05) is 19.5 Å². The number of nitrogens with one attached hydrogen (secondary N) is 1. The Kier molecular flexibility index (Phi) is 7.66. The van der Waals surface area contributed by atoms with Crippen LogP contribution in [-0.4, -0.2) is 26.2 Å². The van der Waals surface area contributed by atoms with Gasteiger partial charge in [0.1, 0.15) is 12.4 Å². The van der Waals surface area contributed by atoms with Gasteiger partial charge in [0.25, 0.3) is 0 Å². The van der Waals surface area contributed by atoms with Gasteiger partial charge in [0.05, 0.1) is 7.11 Å². The number of ether oxygens (including phenoxy) is 2. The van der Waals surface area contributed by atoms with Gasteiger partial charge >= 0.3 is 5.97 Å². The predicted molar refractivity (Wildman–Crippen MR) is 75.2 cm³/mol. The SMILES string of the molecule is CCCCC(=O)OCCNCc1ccc(OC)cc1. The molecule has 0 radical (unpaired) electrons. The Morgan fingerprint density at radius 1 is 1.26 bits per heavy atom. The molecule has 19 heavy (non-hydrogen) atoms. The highest BCUT2D eigenvalue weighted by molar-refractivity contribution is 5.69. The lowest BCUT2D eigenvalue weighted by Gasteiger charge is -2.07. The summed E-state index contributed by atoms with van der Waals surface area (Å²) < 4.78 is 10.2. The molecule has 4 nitrogen and oxygen atoms in total. The van der Waals surface area contributed by atoms with Crippen molar-refractivity contribution in [3.8, 4) is 5.75 Å². The molecular weight excluding hydrogens is 242 g/mol. The van der Waals surface area contributed by atoms with Crippen molar-refractivity contribution < 1.29 is 14.3 Å². The molecule has 1 rings (SSSR count). The quantitative estimate of drug-likeness (QED) is 0.550. The van der Waals surface area contributed by atoms with Gasteiger partial charge in [-0.05, 0) is 24.1 Å². The molecule has 0 amide bonds. The second-order valence-electron chi connectivity index (χ2n) is 4.35. The fourth-order valence-corrected chi connectivity index (χ4v) is 1.61. The molecule has 0 aliphatic heterocycles. The van der Waals surface area contributed by atoms with Crippen molar-refractivity contribution in [1.82, 2.24) is 5.32 Å². The summed E-state index contributed by atoms with van der Waals surface area (Å²) in [5.41, 5.74) is 1.18. The molecule has 1 N–H and O–H groups in total. The van der Waals surface area contributed by atoms with Crippen LogP contribution in [0.1, 0.15) is 31.7 Å². The monoisotopic (exact) mass is 265 g/mol. The second-order valence-corrected chi connectivity index (χ2v) is 4.35. The van der Waals surface area contributed by atoms with E-state index in [9.17, 15) is 4.79 Å². The van der Waals surface area contributed by atoms with Gasteiger partial charge < -0.3 is 14.8 Å². The van der Waals surface area contributed by atoms with Gasteiger partial charge in [-0.3, -0.25) is 4.79 Å². The molecule has 0 saturated carbocycles. The lowest BCUT2D eigenvalue weighted by Crippen LogP contribution is -2.21. The first-order valence-electron chi connectivity index (χ1n) is 6.75. The molecule has 0 aliphatic carbocycles. The smallest absolute Gasteiger partial charge is 0.305 e. The molecule has 1 aromatic carbocycles. The Labute approximate surface area is 115 Å². The normalized spacial score (nSPS) is 10.2. The van der Waals surface area contributed by atoms with E-state index in [1.54, 1.807) is 7.11 Å². The van der Waals surface area contributed by atoms with E-state index in [1.807, 2.05) is 24.3 Å². The van der Waals surface area contributed by atoms with Crippen molar-refractivity contribution in [1.29, 1.82) is 0 Å². The van der Waals surface area contributed by atoms with E-state index in [1.165, 1.54) is 5.56 Å². The third-order valence-corrected chi connectivity index (χ3v) is 2.76. The third kappa shape index (κ3) is 6.82. The number of benzene rings is 1. The largest absolute Gasteiger partial charge is 0.497 e. The molecule has 106 valence electrons. The molecule has 0 atom stereocenters. The maximum atomic E-state index is 11.2. The van der Waals surface area contributed by atoms with Crippen LogP contribution in [0.4, 0.5) is 0 Å². The maximum Gasteiger partial charge on any atom is 0.305 e. The number of rotatable bonds is 9. The number of esters is 1. The van der Waals surface area contributed by atoms with E-state index < -0.39 is 0 Å². The highest BCUT2D eigenvalue weighted by Gasteiger charge is 2.00. The van der Waals surface area contributed by atoms with Crippen LogP contribution < -0.4 is 10.1 Å². The Bertz CT molecular complexity index is 362. The minimum absolute atomic E-state index is 0.104. The Hall–Kier alpha value is -1.55. The molecule has 0 bridgehead atoms. The number of methoxy groups -OCH3 is 1. The number of hydrogen-bond acceptors (Lipinski definition) is 4. The lowest BCUT2D eigenvalue weighted by molar-refractivity contribution is -0.143. The molecule has 1 aromatic rings. The molecule has 0 unspecified atom stereocenters. The number of carbonyl (C=O) groups excluding carboxylic acids is 1. The molecule has 0 aliphatic rings. The minimum Gasteiger partial charge on any atom is -0.497 e. The lowest BCUT2D eigenvalue weighted by atomic mass is 10.2. The molecule has 0 aromatic heterocycles. The van der Waals surface area contributed by atoms with Crippen LogP contribution in [0.2, 0.25) is 0 Å². The van der Waals surface area contributed by atoms with Gasteiger partial charge in [-0.25, -0.2) is 0 Å². The summed E-state index contributed by atoms with van der Waals surface area (Å²) in [6, 6.07) is 7.89. The first kappa shape index (κ1) is 15.5. The van der Waals surface area contributed by atoms with Gasteiger partial charge in [0.2, 0.25) is 0 Å². The predicted octanol–water partition coefficient (Wildman–Crippen LogP) is 2.52. The van der Waals surface area contributed by atoms with E-state index in [-0.39, 0.29) is 5.97 Å². The molecule has 0 fully saturated rings. The van der Waals surface area contributed by atoms with Gasteiger partial charge in [-0.15, -0.1) is 0 Å². The highest BCUT2D eigenvalue weighted by Crippen LogP contribution is 2.10. The summed E-state index contributed by atoms with van der Waals surface area (Å²) in [5.74, 6) is 0.752. The molecular formula is C15H23NO3. The zero-order valence-corrected chi connectivity index (χ0v) is 11.8. The second kappa shape index (κ2) is 9.39. The molecule has 4 heteroatoms. The summed E-state index contributed by atoms with van der Waals surface area (Å²) in [7, 11) is 1.65. The van der Waals surface area contributed by atoms with Crippen LogP contribution in [0.25, 0.3) is 0 Å². The topological polar surface area (TPSA) is 47.6 Å². The Morgan fingerprint density at radius 3 is 2.63 bits per heavy atom. The van der Waals surface area contributed by atoms with Gasteiger partial charge in [-0.1, -0.05) is 25.5 Å². The number of hydrogen-bond donors (Lipinski definition) is 1. The molecule has 0 spiro atoms. The van der Waals surface area contributed by atoms with Crippen LogP contribution in [-0.2, 0) is 16.1 Å². The average Bonchev–Trinajstić information content (AvgIpc) is 2.45. The van der Waals surface area contributed by atoms with Crippen molar-refractivity contribution in [2.75, 3.05) is 20.3 Å². The zero-order chi connectivity index (χ0) is 13.9. The summed E-state index contributed by atoms with van der Waals surface area (Å²) in [6.45, 7) is 3.92. The first-order valence-corrected chi connectivity index (χ1v) is 6.75. The van der Waals surface area contributed by atoms with Crippen molar-refractivity contribution >= 4 is 5.97 Å². The fourth-order valence-electron chi connectivity index (χ4n) is 1.61. The highest BCUT2D eigenvalue weighted by atomic mass is 16.5. The van der Waals surface area contributed by atoms with Gasteiger partial charge in [-0.2, -0.15) is 0 Å². The van der Waals surface area contributed by atoms with Crippen molar-refractivity contribution in [2.45, 2.75) is 32.7 Å². The third-order valence-electron chi connectivity index (χ3n) is 2.76. The summed E-state index contributed by atoms with van der Waals surface area (Å²) in [6.07, 6.45) is 2.44. The van der Waals surface area contributed by atoms with Crippen LogP contribution in [0, 0.1) is 0 Å². The maximum absolute atomic E-state index is 11.2. The average molecular weight is 265 g/mol. The molecule has 0 saturated heterocycles. The Morgan fingerprint density at radius 2 is 2.00 bits per heavy atom. The van der Waals surface area contributed by atoms with Crippen LogP contribution >= 0.6 is 0 Å². The van der Waals surface area contributed by atoms with E-state index in [2.05, 4.69) is 12.2 Å². The Balaban J connectivity index is 2.08. The van der Waals surface area contributed by atoms with Crippen molar-refractivity contribution in [3.05, 3.63) is 29.8 Å².